The van der Waals surface area contributed by atoms with Crippen molar-refractivity contribution in [3.8, 4) is 0 Å². The van der Waals surface area contributed by atoms with E-state index in [4.69, 9.17) is 4.74 Å². The number of carbonyl (C=O) groups is 2. The first-order chi connectivity index (χ1) is 35.5. The van der Waals surface area contributed by atoms with E-state index in [2.05, 4.69) is 19.2 Å². The van der Waals surface area contributed by atoms with Gasteiger partial charge in [-0.15, -0.1) is 0 Å². The van der Waals surface area contributed by atoms with Gasteiger partial charge in [-0.3, -0.25) is 9.59 Å². The fourth-order valence-electron chi connectivity index (χ4n) is 10.5. The van der Waals surface area contributed by atoms with E-state index in [-0.39, 0.29) is 18.5 Å². The summed E-state index contributed by atoms with van der Waals surface area (Å²) in [5, 5.41) is 23.2. The van der Waals surface area contributed by atoms with Crippen molar-refractivity contribution in [3.63, 3.8) is 0 Å². The molecule has 2 atom stereocenters. The van der Waals surface area contributed by atoms with E-state index in [0.717, 1.165) is 38.5 Å². The van der Waals surface area contributed by atoms with Crippen LogP contribution in [0.25, 0.3) is 0 Å². The van der Waals surface area contributed by atoms with Crippen LogP contribution in [0.1, 0.15) is 373 Å². The number of rotatable bonds is 62. The Morgan fingerprint density at radius 2 is 0.639 bits per heavy atom. The molecule has 0 saturated heterocycles. The SMILES string of the molecule is CCCCCCCCCCCCCCCCCCCCCCC/C=C/C(O)C(CO)NC(=O)CCCCCCCCCCCCCCCCCCCCCOC(=O)CCCCCCCCCCCCCCC. The van der Waals surface area contributed by atoms with E-state index >= 15 is 0 Å². The Morgan fingerprint density at radius 1 is 0.375 bits per heavy atom. The molecule has 2 unspecified atom stereocenters. The number of aliphatic hydroxyl groups is 2. The molecule has 0 aliphatic carbocycles. The molecule has 3 N–H and O–H groups in total. The normalized spacial score (nSPS) is 12.6. The Hall–Kier alpha value is -1.40. The van der Waals surface area contributed by atoms with Crippen LogP contribution in [-0.2, 0) is 14.3 Å². The largest absolute Gasteiger partial charge is 0.466 e. The van der Waals surface area contributed by atoms with Gasteiger partial charge in [-0.1, -0.05) is 341 Å². The third-order valence-electron chi connectivity index (χ3n) is 15.6. The second-order valence-electron chi connectivity index (χ2n) is 22.8. The highest BCUT2D eigenvalue weighted by atomic mass is 16.5. The van der Waals surface area contributed by atoms with E-state index in [1.807, 2.05) is 6.08 Å². The van der Waals surface area contributed by atoms with Crippen molar-refractivity contribution in [2.24, 2.45) is 0 Å². The molecule has 6 nitrogen and oxygen atoms in total. The first-order valence-corrected chi connectivity index (χ1v) is 33.0. The Bertz CT molecular complexity index is 1080. The molecule has 0 aliphatic rings. The van der Waals surface area contributed by atoms with Crippen molar-refractivity contribution in [2.45, 2.75) is 386 Å². The number of nitrogens with one attached hydrogen (secondary N) is 1. The molecule has 0 saturated carbocycles. The van der Waals surface area contributed by atoms with Crippen molar-refractivity contribution >= 4 is 11.9 Å². The molecule has 0 bridgehead atoms. The molecular weight excluding hydrogens is 887 g/mol. The van der Waals surface area contributed by atoms with Crippen molar-refractivity contribution in [1.29, 1.82) is 0 Å². The Morgan fingerprint density at radius 3 is 0.944 bits per heavy atom. The van der Waals surface area contributed by atoms with Gasteiger partial charge >= 0.3 is 5.97 Å². The van der Waals surface area contributed by atoms with Gasteiger partial charge < -0.3 is 20.3 Å². The fourth-order valence-corrected chi connectivity index (χ4v) is 10.5. The third kappa shape index (κ3) is 57.9. The molecule has 0 aromatic rings. The molecule has 0 heterocycles. The van der Waals surface area contributed by atoms with Crippen LogP contribution in [0.3, 0.4) is 0 Å². The average Bonchev–Trinajstić information content (AvgIpc) is 3.38. The zero-order valence-corrected chi connectivity index (χ0v) is 48.9. The highest BCUT2D eigenvalue weighted by Gasteiger charge is 2.18. The predicted octanol–water partition coefficient (Wildman–Crippen LogP) is 20.8. The smallest absolute Gasteiger partial charge is 0.305 e. The van der Waals surface area contributed by atoms with Gasteiger partial charge in [-0.25, -0.2) is 0 Å². The number of hydrogen-bond acceptors (Lipinski definition) is 5. The van der Waals surface area contributed by atoms with E-state index in [1.54, 1.807) is 6.08 Å². The third-order valence-corrected chi connectivity index (χ3v) is 15.6. The van der Waals surface area contributed by atoms with E-state index in [0.29, 0.717) is 19.4 Å². The number of carbonyl (C=O) groups excluding carboxylic acids is 2. The quantitative estimate of drug-likeness (QED) is 0.0320. The van der Waals surface area contributed by atoms with Gasteiger partial charge in [-0.05, 0) is 32.1 Å². The number of hydrogen-bond donors (Lipinski definition) is 3. The highest BCUT2D eigenvalue weighted by molar-refractivity contribution is 5.76. The van der Waals surface area contributed by atoms with Crippen LogP contribution >= 0.6 is 0 Å². The second kappa shape index (κ2) is 62.1. The predicted molar refractivity (Wildman–Crippen MR) is 315 cm³/mol. The van der Waals surface area contributed by atoms with Crippen molar-refractivity contribution < 1.29 is 24.5 Å². The maximum Gasteiger partial charge on any atom is 0.305 e. The summed E-state index contributed by atoms with van der Waals surface area (Å²) in [6, 6.07) is -0.630. The molecule has 6 heteroatoms. The summed E-state index contributed by atoms with van der Waals surface area (Å²) in [7, 11) is 0. The van der Waals surface area contributed by atoms with Crippen LogP contribution in [0.15, 0.2) is 12.2 Å². The maximum atomic E-state index is 12.5. The zero-order valence-electron chi connectivity index (χ0n) is 48.9. The molecule has 0 fully saturated rings. The number of amides is 1. The summed E-state index contributed by atoms with van der Waals surface area (Å²) in [5.74, 6) is -0.0554. The molecule has 428 valence electrons. The Balaban J connectivity index is 3.42. The van der Waals surface area contributed by atoms with Crippen molar-refractivity contribution in [2.75, 3.05) is 13.2 Å². The summed E-state index contributed by atoms with van der Waals surface area (Å²) >= 11 is 0. The number of unbranched alkanes of at least 4 members (excludes halogenated alkanes) is 51. The average molecular weight is 1020 g/mol. The van der Waals surface area contributed by atoms with E-state index < -0.39 is 12.1 Å². The van der Waals surface area contributed by atoms with Gasteiger partial charge in [0.2, 0.25) is 5.91 Å². The van der Waals surface area contributed by atoms with Crippen LogP contribution < -0.4 is 5.32 Å². The standard InChI is InChI=1S/C66H129NO5/c1-3-5-7-9-11-13-15-17-18-19-20-21-22-23-25-28-31-35-38-42-46-50-54-58-64(69)63(62-68)67-65(70)59-55-51-47-43-39-36-32-29-26-24-27-30-33-37-41-45-49-53-57-61-72-66(71)60-56-52-48-44-40-34-16-14-12-10-8-6-4-2/h54,58,63-64,68-69H,3-53,55-57,59-62H2,1-2H3,(H,67,70)/b58-54+. The lowest BCUT2D eigenvalue weighted by Gasteiger charge is -2.20. The molecule has 0 aromatic carbocycles. The van der Waals surface area contributed by atoms with Crippen LogP contribution in [-0.4, -0.2) is 47.4 Å². The number of esters is 1. The number of aliphatic hydroxyl groups excluding tert-OH is 2. The van der Waals surface area contributed by atoms with Gasteiger partial charge in [0.05, 0.1) is 25.4 Å². The van der Waals surface area contributed by atoms with Gasteiger partial charge in [-0.2, -0.15) is 0 Å². The highest BCUT2D eigenvalue weighted by Crippen LogP contribution is 2.19. The number of ether oxygens (including phenoxy) is 1. The summed E-state index contributed by atoms with van der Waals surface area (Å²) in [6.45, 7) is 4.94. The number of allylic oxidation sites excluding steroid dienone is 1. The van der Waals surface area contributed by atoms with Gasteiger partial charge in [0.15, 0.2) is 0 Å². The topological polar surface area (TPSA) is 95.9 Å². The minimum absolute atomic E-state index is 0.0109. The first kappa shape index (κ1) is 70.6. The summed E-state index contributed by atoms with van der Waals surface area (Å²) in [5.41, 5.74) is 0. The first-order valence-electron chi connectivity index (χ1n) is 33.0. The second-order valence-corrected chi connectivity index (χ2v) is 22.8. The van der Waals surface area contributed by atoms with Crippen molar-refractivity contribution in [1.82, 2.24) is 5.32 Å². The lowest BCUT2D eigenvalue weighted by atomic mass is 10.0. The molecule has 72 heavy (non-hydrogen) atoms. The lowest BCUT2D eigenvalue weighted by molar-refractivity contribution is -0.143. The Labute approximate surface area is 450 Å². The van der Waals surface area contributed by atoms with Gasteiger partial charge in [0, 0.05) is 12.8 Å². The molecule has 1 amide bonds. The molecule has 0 aromatic heterocycles. The zero-order chi connectivity index (χ0) is 52.2. The van der Waals surface area contributed by atoms with Crippen LogP contribution in [0, 0.1) is 0 Å². The monoisotopic (exact) mass is 1020 g/mol. The summed E-state index contributed by atoms with van der Waals surface area (Å²) in [4.78, 5) is 24.6. The van der Waals surface area contributed by atoms with Crippen LogP contribution in [0.5, 0.6) is 0 Å². The molecule has 0 rings (SSSR count). The molecule has 0 aliphatic heterocycles. The molecular formula is C66H129NO5. The fraction of sp³-hybridized carbons (Fsp3) is 0.939. The minimum Gasteiger partial charge on any atom is -0.466 e. The lowest BCUT2D eigenvalue weighted by Crippen LogP contribution is -2.45. The minimum atomic E-state index is -0.847. The van der Waals surface area contributed by atoms with E-state index in [1.165, 1.54) is 308 Å². The van der Waals surface area contributed by atoms with Gasteiger partial charge in [0.25, 0.3) is 0 Å². The van der Waals surface area contributed by atoms with Crippen LogP contribution in [0.2, 0.25) is 0 Å². The molecule has 0 spiro atoms. The molecule has 0 radical (unpaired) electrons. The summed E-state index contributed by atoms with van der Waals surface area (Å²) in [6.07, 6.45) is 75.5. The Kier molecular flexibility index (Phi) is 60.9. The maximum absolute atomic E-state index is 12.5. The van der Waals surface area contributed by atoms with Gasteiger partial charge in [0.1, 0.15) is 0 Å². The van der Waals surface area contributed by atoms with Crippen molar-refractivity contribution in [3.05, 3.63) is 12.2 Å². The summed E-state index contributed by atoms with van der Waals surface area (Å²) < 4.78 is 5.48. The van der Waals surface area contributed by atoms with E-state index in [9.17, 15) is 19.8 Å². The van der Waals surface area contributed by atoms with Crippen LogP contribution in [0.4, 0.5) is 0 Å².